The number of carbonyl (C=O) groups is 1. The van der Waals surface area contributed by atoms with Gasteiger partial charge in [-0.2, -0.15) is 0 Å². The molecule has 0 aliphatic heterocycles. The number of aliphatic hydroxyl groups is 1. The zero-order valence-electron chi connectivity index (χ0n) is 5.24. The molecule has 0 aromatic heterocycles. The van der Waals surface area contributed by atoms with Crippen molar-refractivity contribution < 1.29 is 15.0 Å². The van der Waals surface area contributed by atoms with Gasteiger partial charge in [0.2, 0.25) is 0 Å². The predicted molar refractivity (Wildman–Crippen MR) is 37.2 cm³/mol. The number of carboxylic acid groups (broad SMARTS) is 1. The second-order valence-corrected chi connectivity index (χ2v) is 1.60. The molecule has 4 nitrogen and oxygen atoms in total. The minimum atomic E-state index is -1.18. The molecule has 0 bridgehead atoms. The summed E-state index contributed by atoms with van der Waals surface area (Å²) in [6.07, 6.45) is -0.979. The first-order valence-electron chi connectivity index (χ1n) is 2.22. The van der Waals surface area contributed by atoms with Crippen LogP contribution in [0.1, 0.15) is 6.92 Å². The number of carboxylic acids is 1. The summed E-state index contributed by atoms with van der Waals surface area (Å²) < 4.78 is 0. The maximum absolute atomic E-state index is 9.86. The van der Waals surface area contributed by atoms with Gasteiger partial charge in [-0.1, -0.05) is 0 Å². The van der Waals surface area contributed by atoms with Crippen LogP contribution in [0.3, 0.4) is 0 Å². The van der Waals surface area contributed by atoms with E-state index in [1.54, 1.807) is 0 Å². The Morgan fingerprint density at radius 1 is 1.67 bits per heavy atom. The molecule has 0 radical (unpaired) electrons. The molecular weight excluding hydrogens is 319 g/mol. The van der Waals surface area contributed by atoms with Crippen LogP contribution in [0.5, 0.6) is 0 Å². The van der Waals surface area contributed by atoms with Crippen molar-refractivity contribution in [1.82, 2.24) is 0 Å². The van der Waals surface area contributed by atoms with E-state index in [2.05, 4.69) is 0 Å². The Morgan fingerprint density at radius 2 is 2.00 bits per heavy atom. The minimum absolute atomic E-state index is 0. The van der Waals surface area contributed by atoms with Gasteiger partial charge in [0.05, 0.1) is 6.10 Å². The maximum atomic E-state index is 9.86. The molecule has 0 saturated carbocycles. The molecule has 0 spiro atoms. The predicted octanol–water partition coefficient (Wildman–Crippen LogP) is -2.40. The number of aliphatic hydroxyl groups excluding tert-OH is 1. The van der Waals surface area contributed by atoms with Crippen molar-refractivity contribution in [3.05, 3.63) is 0 Å². The number of hydrogen-bond donors (Lipinski definition) is 3. The molecule has 0 aliphatic rings. The zero-order chi connectivity index (χ0) is 6.73. The fourth-order valence-corrected chi connectivity index (χ4v) is 0.206. The standard InChI is InChI=1S/C4H9NO3.Bi.3H/c1-2(6)3(5)4(7)8;;;;/h2-3,6H,5H2,1H3,(H,7,8);;;;/t2-,3+;;;;/m1..../s1. The summed E-state index contributed by atoms with van der Waals surface area (Å²) in [5.41, 5.74) is 4.91. The Labute approximate surface area is 72.2 Å². The molecule has 0 fully saturated rings. The number of nitrogens with two attached hydrogens (primary N) is 1. The molecule has 4 N–H and O–H groups in total. The monoisotopic (exact) mass is 331 g/mol. The quantitative estimate of drug-likeness (QED) is 0.493. The van der Waals surface area contributed by atoms with Gasteiger partial charge in [0.1, 0.15) is 6.04 Å². The fraction of sp³-hybridized carbons (Fsp3) is 0.750. The van der Waals surface area contributed by atoms with E-state index >= 15 is 0 Å². The Bertz CT molecular complexity index is 95.8. The Kier molecular flexibility index (Phi) is 6.78. The van der Waals surface area contributed by atoms with Gasteiger partial charge in [0.25, 0.3) is 0 Å². The van der Waals surface area contributed by atoms with Crippen LogP contribution in [0.2, 0.25) is 0 Å². The van der Waals surface area contributed by atoms with Gasteiger partial charge in [-0.05, 0) is 6.92 Å². The number of hydrogen-bond acceptors (Lipinski definition) is 3. The van der Waals surface area contributed by atoms with Crippen LogP contribution < -0.4 is 5.73 Å². The van der Waals surface area contributed by atoms with E-state index in [1.165, 1.54) is 6.92 Å². The molecule has 0 rings (SSSR count). The third-order valence-electron chi connectivity index (χ3n) is 0.805. The van der Waals surface area contributed by atoms with Crippen molar-refractivity contribution in [3.8, 4) is 0 Å². The third kappa shape index (κ3) is 4.76. The van der Waals surface area contributed by atoms with Crippen LogP contribution in [-0.2, 0) is 4.79 Å². The van der Waals surface area contributed by atoms with Crippen molar-refractivity contribution in [2.24, 2.45) is 5.73 Å². The van der Waals surface area contributed by atoms with E-state index in [1.807, 2.05) is 0 Å². The van der Waals surface area contributed by atoms with E-state index in [4.69, 9.17) is 15.9 Å². The molecule has 9 heavy (non-hydrogen) atoms. The van der Waals surface area contributed by atoms with Gasteiger partial charge in [-0.25, -0.2) is 0 Å². The van der Waals surface area contributed by atoms with Crippen molar-refractivity contribution in [3.63, 3.8) is 0 Å². The summed E-state index contributed by atoms with van der Waals surface area (Å²) in [5, 5.41) is 16.6. The molecular formula is C4H12BiNO3. The van der Waals surface area contributed by atoms with Crippen LogP contribution in [0.25, 0.3) is 0 Å². The first kappa shape index (κ1) is 12.0. The summed E-state index contributed by atoms with van der Waals surface area (Å²) in [7, 11) is 0. The molecule has 0 aliphatic carbocycles. The Hall–Kier alpha value is 0.273. The van der Waals surface area contributed by atoms with Gasteiger partial charge < -0.3 is 15.9 Å². The topological polar surface area (TPSA) is 83.5 Å². The van der Waals surface area contributed by atoms with E-state index in [0.717, 1.165) is 0 Å². The number of rotatable bonds is 2. The van der Waals surface area contributed by atoms with Crippen molar-refractivity contribution in [1.29, 1.82) is 0 Å². The molecule has 0 unspecified atom stereocenters. The SMILES string of the molecule is C[C@@H](O)[C@H](N)C(=O)O.[BiH3]. The fourth-order valence-electron chi connectivity index (χ4n) is 0.206. The normalized spacial score (nSPS) is 15.4. The first-order valence-corrected chi connectivity index (χ1v) is 2.22. The molecule has 0 saturated heterocycles. The third-order valence-corrected chi connectivity index (χ3v) is 0.805. The summed E-state index contributed by atoms with van der Waals surface area (Å²) in [4.78, 5) is 9.86. The molecule has 0 amide bonds. The van der Waals surface area contributed by atoms with E-state index in [0.29, 0.717) is 0 Å². The Morgan fingerprint density at radius 3 is 2.00 bits per heavy atom. The molecule has 56 valence electrons. The van der Waals surface area contributed by atoms with Gasteiger partial charge in [0, 0.05) is 0 Å². The van der Waals surface area contributed by atoms with Crippen LogP contribution in [0, 0.1) is 0 Å². The van der Waals surface area contributed by atoms with Gasteiger partial charge in [-0.3, -0.25) is 4.79 Å². The van der Waals surface area contributed by atoms with Crippen LogP contribution >= 0.6 is 0 Å². The van der Waals surface area contributed by atoms with Gasteiger partial charge in [0.15, 0.2) is 0 Å². The molecule has 0 heterocycles. The average Bonchev–Trinajstić information content (AvgIpc) is 1.64. The molecule has 2 atom stereocenters. The molecule has 5 heteroatoms. The van der Waals surface area contributed by atoms with Crippen LogP contribution in [0.4, 0.5) is 0 Å². The van der Waals surface area contributed by atoms with Gasteiger partial charge >= 0.3 is 32.2 Å². The van der Waals surface area contributed by atoms with Crippen molar-refractivity contribution >= 4 is 32.2 Å². The van der Waals surface area contributed by atoms with Gasteiger partial charge in [-0.15, -0.1) is 0 Å². The van der Waals surface area contributed by atoms with E-state index < -0.39 is 18.1 Å². The summed E-state index contributed by atoms with van der Waals surface area (Å²) in [5.74, 6) is -1.18. The second kappa shape index (κ2) is 5.09. The average molecular weight is 331 g/mol. The van der Waals surface area contributed by atoms with E-state index in [9.17, 15) is 4.79 Å². The van der Waals surface area contributed by atoms with Crippen LogP contribution in [-0.4, -0.2) is 54.5 Å². The second-order valence-electron chi connectivity index (χ2n) is 1.60. The summed E-state index contributed by atoms with van der Waals surface area (Å²) in [6, 6.07) is -1.16. The first-order chi connectivity index (χ1) is 3.55. The number of aliphatic carboxylic acids is 1. The van der Waals surface area contributed by atoms with Crippen LogP contribution in [0.15, 0.2) is 0 Å². The van der Waals surface area contributed by atoms with Crippen molar-refractivity contribution in [2.75, 3.05) is 0 Å². The molecule has 0 aromatic carbocycles. The van der Waals surface area contributed by atoms with E-state index in [-0.39, 0.29) is 26.2 Å². The summed E-state index contributed by atoms with van der Waals surface area (Å²) >= 11 is 0. The van der Waals surface area contributed by atoms with Crippen molar-refractivity contribution in [2.45, 2.75) is 19.1 Å². The Balaban J connectivity index is 0. The zero-order valence-corrected chi connectivity index (χ0v) is 10.7. The molecule has 0 aromatic rings. The summed E-state index contributed by atoms with van der Waals surface area (Å²) in [6.45, 7) is 1.33.